The summed E-state index contributed by atoms with van der Waals surface area (Å²) in [6, 6.07) is -0.584. The summed E-state index contributed by atoms with van der Waals surface area (Å²) in [6.45, 7) is 20.2. The number of methoxy groups -OCH3 is 1. The van der Waals surface area contributed by atoms with Gasteiger partial charge in [0.15, 0.2) is 6.10 Å². The second kappa shape index (κ2) is 26.5. The Labute approximate surface area is 449 Å². The van der Waals surface area contributed by atoms with Gasteiger partial charge in [-0.3, -0.25) is 38.4 Å². The van der Waals surface area contributed by atoms with E-state index in [0.717, 1.165) is 0 Å². The lowest BCUT2D eigenvalue weighted by atomic mass is 9.92. The number of nitrogens with zero attached hydrogens (tertiary/aromatic N) is 4. The van der Waals surface area contributed by atoms with Crippen molar-refractivity contribution in [2.24, 2.45) is 29.6 Å². The third-order valence-electron chi connectivity index (χ3n) is 15.7. The Balaban J connectivity index is 1.61. The molecule has 76 heavy (non-hydrogen) atoms. The summed E-state index contributed by atoms with van der Waals surface area (Å²) in [4.78, 5) is 136. The van der Waals surface area contributed by atoms with Crippen LogP contribution in [0.15, 0.2) is 24.3 Å². The Kier molecular flexibility index (Phi) is 21.3. The van der Waals surface area contributed by atoms with Gasteiger partial charge in [0, 0.05) is 39.0 Å². The standard InChI is InChI=1S/C56H87N7O13/c1-14-35(10)45-43(64)30-44(65)76-47(33(6)7)50(68)57-39(27-31(2)3)52(70)61-24-15-17-40(61)53(71)60(12)42(29-37-18-20-38(74-13)21-19-37)54(72)75-36(11)46(49(67)58-45)59-48(66)41(28-32(4)5)62-26-23-56(55(62)73)22-16-25-63(56)51(69)34(8)9/h18-21,31-36,39-43,45-47,64H,14-17,22-30H2,1-13H3,(H,57,68)(H,58,67)(H,59,66)/t35-,36+,39-,40-,41-,42-,43-,45-,46-,47-,56+/m0/s1. The fourth-order valence-electron chi connectivity index (χ4n) is 11.2. The van der Waals surface area contributed by atoms with E-state index in [2.05, 4.69) is 16.0 Å². The molecule has 20 nitrogen and oxygen atoms in total. The maximum atomic E-state index is 15.0. The SMILES string of the molecule is CC[C@H](C)[C@@H]1NC(=O)[C@@H](NC(=O)[C@H](CC(C)C)N2CC[C@]3(CCCN3C(=O)C(C)C)C2=O)[C@@H](C)OC(=O)[C@H](Cc2ccc(OC)cc2)N(C)C(=O)[C@@H]2CCCN2C(=O)[C@H](CC(C)C)NC(=O)[C@H](C(C)C)OC(=O)C[C@@H]1O. The number of likely N-dealkylation sites (tertiary alicyclic amines) is 2. The fraction of sp³-hybridized carbons (Fsp3) is 0.732. The normalized spacial score (nSPS) is 28.6. The first-order valence-corrected chi connectivity index (χ1v) is 27.6. The lowest BCUT2D eigenvalue weighted by molar-refractivity contribution is -0.162. The zero-order valence-electron chi connectivity index (χ0n) is 47.2. The second-order valence-corrected chi connectivity index (χ2v) is 23.0. The molecule has 4 heterocycles. The van der Waals surface area contributed by atoms with Crippen LogP contribution in [0.1, 0.15) is 140 Å². The minimum absolute atomic E-state index is 0.0772. The van der Waals surface area contributed by atoms with Gasteiger partial charge in [0.2, 0.25) is 35.4 Å². The smallest absolute Gasteiger partial charge is 0.329 e. The van der Waals surface area contributed by atoms with E-state index in [0.29, 0.717) is 50.0 Å². The molecule has 7 amide bonds. The van der Waals surface area contributed by atoms with Crippen LogP contribution in [0.4, 0.5) is 0 Å². The number of carbonyl (C=O) groups excluding carboxylic acids is 9. The quantitative estimate of drug-likeness (QED) is 0.195. The molecule has 11 atom stereocenters. The number of cyclic esters (lactones) is 2. The van der Waals surface area contributed by atoms with Gasteiger partial charge in [-0.2, -0.15) is 0 Å². The molecule has 4 N–H and O–H groups in total. The van der Waals surface area contributed by atoms with Crippen molar-refractivity contribution >= 4 is 53.3 Å². The van der Waals surface area contributed by atoms with E-state index >= 15 is 9.59 Å². The number of hydrogen-bond acceptors (Lipinski definition) is 13. The average Bonchev–Trinajstić information content (AvgIpc) is 4.12. The first-order chi connectivity index (χ1) is 35.8. The van der Waals surface area contributed by atoms with Crippen molar-refractivity contribution in [3.05, 3.63) is 29.8 Å². The molecule has 4 saturated heterocycles. The van der Waals surface area contributed by atoms with E-state index in [1.165, 1.54) is 35.8 Å². The number of aliphatic hydroxyl groups excluding tert-OH is 1. The van der Waals surface area contributed by atoms with Crippen molar-refractivity contribution in [2.45, 2.75) is 200 Å². The maximum absolute atomic E-state index is 15.0. The summed E-state index contributed by atoms with van der Waals surface area (Å²) in [5, 5.41) is 20.3. The van der Waals surface area contributed by atoms with Crippen LogP contribution in [0.5, 0.6) is 5.75 Å². The highest BCUT2D eigenvalue weighted by atomic mass is 16.6. The van der Waals surface area contributed by atoms with Crippen LogP contribution >= 0.6 is 0 Å². The molecule has 0 aliphatic carbocycles. The van der Waals surface area contributed by atoms with Crippen LogP contribution in [0, 0.1) is 29.6 Å². The highest BCUT2D eigenvalue weighted by Gasteiger charge is 2.57. The first kappa shape index (κ1) is 61.1. The van der Waals surface area contributed by atoms with E-state index < -0.39 is 120 Å². The molecule has 4 aliphatic heterocycles. The number of amides is 7. The van der Waals surface area contributed by atoms with E-state index in [1.807, 2.05) is 34.6 Å². The van der Waals surface area contributed by atoms with Crippen molar-refractivity contribution in [3.8, 4) is 5.75 Å². The van der Waals surface area contributed by atoms with Crippen LogP contribution in [0.25, 0.3) is 0 Å². The van der Waals surface area contributed by atoms with E-state index in [-0.39, 0.29) is 68.3 Å². The van der Waals surface area contributed by atoms with Crippen molar-refractivity contribution in [1.29, 1.82) is 0 Å². The topological polar surface area (TPSA) is 251 Å². The summed E-state index contributed by atoms with van der Waals surface area (Å²) < 4.78 is 17.3. The number of likely N-dealkylation sites (N-methyl/N-ethyl adjacent to an activating group) is 1. The molecule has 0 aromatic heterocycles. The predicted molar refractivity (Wildman–Crippen MR) is 282 cm³/mol. The van der Waals surface area contributed by atoms with E-state index in [9.17, 15) is 38.7 Å². The van der Waals surface area contributed by atoms with E-state index in [1.54, 1.807) is 63.8 Å². The molecule has 0 unspecified atom stereocenters. The molecule has 0 bridgehead atoms. The van der Waals surface area contributed by atoms with Gasteiger partial charge in [-0.25, -0.2) is 4.79 Å². The molecule has 5 rings (SSSR count). The summed E-state index contributed by atoms with van der Waals surface area (Å²) >= 11 is 0. The van der Waals surface area contributed by atoms with Crippen LogP contribution < -0.4 is 20.7 Å². The van der Waals surface area contributed by atoms with Crippen molar-refractivity contribution < 1.29 is 62.5 Å². The molecule has 0 saturated carbocycles. The van der Waals surface area contributed by atoms with Gasteiger partial charge in [-0.15, -0.1) is 0 Å². The molecule has 4 fully saturated rings. The number of aliphatic hydroxyl groups is 1. The molecular weight excluding hydrogens is 979 g/mol. The Morgan fingerprint density at radius 2 is 1.53 bits per heavy atom. The summed E-state index contributed by atoms with van der Waals surface area (Å²) in [6.07, 6.45) is -2.34. The van der Waals surface area contributed by atoms with Crippen LogP contribution in [-0.2, 0) is 59.0 Å². The summed E-state index contributed by atoms with van der Waals surface area (Å²) in [5.41, 5.74) is -0.501. The summed E-state index contributed by atoms with van der Waals surface area (Å²) in [5.74, 6) is -6.95. The van der Waals surface area contributed by atoms with Gasteiger partial charge >= 0.3 is 11.9 Å². The Hall–Kier alpha value is -5.79. The first-order valence-electron chi connectivity index (χ1n) is 27.6. The van der Waals surface area contributed by atoms with Gasteiger partial charge < -0.3 is 54.9 Å². The monoisotopic (exact) mass is 1070 g/mol. The maximum Gasteiger partial charge on any atom is 0.329 e. The number of carbonyl (C=O) groups is 9. The zero-order valence-corrected chi connectivity index (χ0v) is 47.2. The zero-order chi connectivity index (χ0) is 56.5. The Morgan fingerprint density at radius 1 is 0.855 bits per heavy atom. The minimum Gasteiger partial charge on any atom is -0.497 e. The largest absolute Gasteiger partial charge is 0.497 e. The third-order valence-corrected chi connectivity index (χ3v) is 15.7. The van der Waals surface area contributed by atoms with Gasteiger partial charge in [0.25, 0.3) is 5.91 Å². The van der Waals surface area contributed by atoms with Crippen molar-refractivity contribution in [3.63, 3.8) is 0 Å². The van der Waals surface area contributed by atoms with Crippen LogP contribution in [0.3, 0.4) is 0 Å². The number of rotatable bonds is 14. The molecule has 1 aromatic carbocycles. The average molecular weight is 1070 g/mol. The molecular formula is C56H87N7O13. The molecule has 1 aromatic rings. The Morgan fingerprint density at radius 3 is 2.12 bits per heavy atom. The van der Waals surface area contributed by atoms with Gasteiger partial charge in [-0.05, 0) is 93.2 Å². The van der Waals surface area contributed by atoms with Gasteiger partial charge in [-0.1, -0.05) is 87.8 Å². The van der Waals surface area contributed by atoms with E-state index in [4.69, 9.17) is 14.2 Å². The number of esters is 2. The third kappa shape index (κ3) is 14.2. The highest BCUT2D eigenvalue weighted by molar-refractivity contribution is 5.99. The molecule has 20 heteroatoms. The van der Waals surface area contributed by atoms with Crippen LogP contribution in [0.2, 0.25) is 0 Å². The molecule has 0 radical (unpaired) electrons. The van der Waals surface area contributed by atoms with Gasteiger partial charge in [0.1, 0.15) is 47.6 Å². The lowest BCUT2D eigenvalue weighted by Crippen LogP contribution is -2.62. The number of benzene rings is 1. The summed E-state index contributed by atoms with van der Waals surface area (Å²) in [7, 11) is 2.95. The lowest BCUT2D eigenvalue weighted by Gasteiger charge is -2.37. The molecule has 4 aliphatic rings. The van der Waals surface area contributed by atoms with Gasteiger partial charge in [0.05, 0.1) is 25.7 Å². The van der Waals surface area contributed by atoms with Crippen molar-refractivity contribution in [1.82, 2.24) is 35.6 Å². The number of fused-ring (bicyclic) bond motifs is 1. The second-order valence-electron chi connectivity index (χ2n) is 23.0. The fourth-order valence-corrected chi connectivity index (χ4v) is 11.2. The number of hydrogen-bond donors (Lipinski definition) is 4. The minimum atomic E-state index is -1.68. The predicted octanol–water partition coefficient (Wildman–Crippen LogP) is 3.53. The molecule has 424 valence electrons. The Bertz CT molecular complexity index is 2260. The highest BCUT2D eigenvalue weighted by Crippen LogP contribution is 2.41. The number of ether oxygens (including phenoxy) is 3. The number of nitrogens with one attached hydrogen (secondary N) is 3. The van der Waals surface area contributed by atoms with Crippen molar-refractivity contribution in [2.75, 3.05) is 33.8 Å². The molecule has 1 spiro atoms. The van der Waals surface area contributed by atoms with Crippen LogP contribution in [-0.4, -0.2) is 172 Å².